The van der Waals surface area contributed by atoms with Crippen LogP contribution in [0.25, 0.3) is 11.1 Å². The molecule has 2 rings (SSSR count). The van der Waals surface area contributed by atoms with Crippen LogP contribution in [0, 0.1) is 0 Å². The third-order valence-electron chi connectivity index (χ3n) is 3.07. The fraction of sp³-hybridized carbons (Fsp3) is 0.111. The summed E-state index contributed by atoms with van der Waals surface area (Å²) in [5, 5.41) is 5.49. The lowest BCUT2D eigenvalue weighted by atomic mass is 10.0. The van der Waals surface area contributed by atoms with Gasteiger partial charge in [-0.2, -0.15) is 0 Å². The van der Waals surface area contributed by atoms with E-state index in [-0.39, 0.29) is 11.8 Å². The van der Waals surface area contributed by atoms with E-state index in [1.165, 1.54) is 6.92 Å². The summed E-state index contributed by atoms with van der Waals surface area (Å²) in [5.74, 6) is -0.280. The Balaban J connectivity index is 2.11. The Morgan fingerprint density at radius 1 is 0.773 bits per heavy atom. The first-order valence-corrected chi connectivity index (χ1v) is 6.90. The van der Waals surface area contributed by atoms with Gasteiger partial charge in [0.05, 0.1) is 0 Å². The molecule has 0 atom stereocenters. The van der Waals surface area contributed by atoms with Gasteiger partial charge in [-0.1, -0.05) is 30.8 Å². The molecule has 4 heteroatoms. The molecule has 0 radical (unpaired) electrons. The standard InChI is InChI=1S/C18H18N2O2/c1-12(2)18(22)20-17-10-6-15(7-11-17)14-4-8-16(9-5-14)19-13(3)21/h4-11H,1H2,2-3H3,(H,19,21)(H,20,22). The van der Waals surface area contributed by atoms with Gasteiger partial charge < -0.3 is 10.6 Å². The van der Waals surface area contributed by atoms with Gasteiger partial charge in [-0.15, -0.1) is 0 Å². The molecule has 112 valence electrons. The minimum atomic E-state index is -0.188. The van der Waals surface area contributed by atoms with Gasteiger partial charge in [0.25, 0.3) is 5.91 Å². The van der Waals surface area contributed by atoms with E-state index in [9.17, 15) is 9.59 Å². The molecular weight excluding hydrogens is 276 g/mol. The SMILES string of the molecule is C=C(C)C(=O)Nc1ccc(-c2ccc(NC(C)=O)cc2)cc1. The van der Waals surface area contributed by atoms with Gasteiger partial charge in [0.15, 0.2) is 0 Å². The number of anilines is 2. The van der Waals surface area contributed by atoms with Crippen molar-refractivity contribution in [3.63, 3.8) is 0 Å². The highest BCUT2D eigenvalue weighted by Gasteiger charge is 2.03. The number of carbonyl (C=O) groups excluding carboxylic acids is 2. The van der Waals surface area contributed by atoms with Crippen molar-refractivity contribution < 1.29 is 9.59 Å². The van der Waals surface area contributed by atoms with Gasteiger partial charge in [0.1, 0.15) is 0 Å². The summed E-state index contributed by atoms with van der Waals surface area (Å²) in [6, 6.07) is 15.1. The lowest BCUT2D eigenvalue weighted by Gasteiger charge is -2.07. The molecule has 0 aliphatic heterocycles. The molecule has 0 fully saturated rings. The monoisotopic (exact) mass is 294 g/mol. The maximum Gasteiger partial charge on any atom is 0.250 e. The fourth-order valence-electron chi connectivity index (χ4n) is 1.93. The van der Waals surface area contributed by atoms with Crippen molar-refractivity contribution in [2.24, 2.45) is 0 Å². The minimum Gasteiger partial charge on any atom is -0.326 e. The Labute approximate surface area is 129 Å². The molecule has 0 aromatic heterocycles. The van der Waals surface area contributed by atoms with Crippen LogP contribution in [0.1, 0.15) is 13.8 Å². The summed E-state index contributed by atoms with van der Waals surface area (Å²) in [4.78, 5) is 22.5. The molecule has 2 aromatic carbocycles. The molecular formula is C18H18N2O2. The average Bonchev–Trinajstić information content (AvgIpc) is 2.48. The predicted octanol–water partition coefficient (Wildman–Crippen LogP) is 3.83. The van der Waals surface area contributed by atoms with E-state index < -0.39 is 0 Å². The van der Waals surface area contributed by atoms with Crippen LogP contribution in [0.2, 0.25) is 0 Å². The van der Waals surface area contributed by atoms with E-state index in [2.05, 4.69) is 17.2 Å². The highest BCUT2D eigenvalue weighted by molar-refractivity contribution is 6.02. The van der Waals surface area contributed by atoms with E-state index in [1.807, 2.05) is 48.5 Å². The third kappa shape index (κ3) is 4.06. The molecule has 0 aliphatic rings. The van der Waals surface area contributed by atoms with Gasteiger partial charge in [-0.25, -0.2) is 0 Å². The Morgan fingerprint density at radius 3 is 1.55 bits per heavy atom. The molecule has 4 nitrogen and oxygen atoms in total. The normalized spacial score (nSPS) is 9.91. The first-order chi connectivity index (χ1) is 10.5. The van der Waals surface area contributed by atoms with Crippen LogP contribution in [-0.4, -0.2) is 11.8 Å². The van der Waals surface area contributed by atoms with Crippen LogP contribution in [0.15, 0.2) is 60.7 Å². The highest BCUT2D eigenvalue weighted by Crippen LogP contribution is 2.23. The van der Waals surface area contributed by atoms with Gasteiger partial charge in [0, 0.05) is 23.9 Å². The second kappa shape index (κ2) is 6.72. The molecule has 0 aliphatic carbocycles. The summed E-state index contributed by atoms with van der Waals surface area (Å²) >= 11 is 0. The van der Waals surface area contributed by atoms with E-state index in [0.717, 1.165) is 22.5 Å². The van der Waals surface area contributed by atoms with Crippen LogP contribution < -0.4 is 10.6 Å². The molecule has 2 amide bonds. The average molecular weight is 294 g/mol. The minimum absolute atomic E-state index is 0.0923. The molecule has 0 spiro atoms. The molecule has 0 saturated carbocycles. The van der Waals surface area contributed by atoms with Crippen molar-refractivity contribution >= 4 is 23.2 Å². The molecule has 0 saturated heterocycles. The molecule has 2 N–H and O–H groups in total. The van der Waals surface area contributed by atoms with Crippen molar-refractivity contribution in [2.45, 2.75) is 13.8 Å². The molecule has 22 heavy (non-hydrogen) atoms. The first-order valence-electron chi connectivity index (χ1n) is 6.90. The van der Waals surface area contributed by atoms with E-state index in [4.69, 9.17) is 0 Å². The lowest BCUT2D eigenvalue weighted by Crippen LogP contribution is -2.11. The Kier molecular flexibility index (Phi) is 4.73. The van der Waals surface area contributed by atoms with Gasteiger partial charge in [0.2, 0.25) is 5.91 Å². The van der Waals surface area contributed by atoms with E-state index in [0.29, 0.717) is 5.57 Å². The van der Waals surface area contributed by atoms with Crippen molar-refractivity contribution in [1.29, 1.82) is 0 Å². The van der Waals surface area contributed by atoms with Gasteiger partial charge in [-0.05, 0) is 42.3 Å². The number of nitrogens with one attached hydrogen (secondary N) is 2. The summed E-state index contributed by atoms with van der Waals surface area (Å²) in [6.07, 6.45) is 0. The quantitative estimate of drug-likeness (QED) is 0.842. The summed E-state index contributed by atoms with van der Waals surface area (Å²) in [6.45, 7) is 6.75. The number of benzene rings is 2. The Morgan fingerprint density at radius 2 is 1.18 bits per heavy atom. The van der Waals surface area contributed by atoms with Gasteiger partial charge in [-0.3, -0.25) is 9.59 Å². The Bertz CT molecular complexity index is 701. The van der Waals surface area contributed by atoms with Crippen LogP contribution in [0.4, 0.5) is 11.4 Å². The number of rotatable bonds is 4. The number of hydrogen-bond donors (Lipinski definition) is 2. The first kappa shape index (κ1) is 15.5. The zero-order chi connectivity index (χ0) is 16.1. The van der Waals surface area contributed by atoms with Crippen molar-refractivity contribution in [3.8, 4) is 11.1 Å². The molecule has 0 heterocycles. The maximum atomic E-state index is 11.5. The predicted molar refractivity (Wildman–Crippen MR) is 89.6 cm³/mol. The zero-order valence-electron chi connectivity index (χ0n) is 12.6. The van der Waals surface area contributed by atoms with E-state index >= 15 is 0 Å². The second-order valence-corrected chi connectivity index (χ2v) is 5.07. The fourth-order valence-corrected chi connectivity index (χ4v) is 1.93. The van der Waals surface area contributed by atoms with Crippen molar-refractivity contribution in [2.75, 3.05) is 10.6 Å². The summed E-state index contributed by atoms with van der Waals surface area (Å²) < 4.78 is 0. The van der Waals surface area contributed by atoms with Gasteiger partial charge >= 0.3 is 0 Å². The van der Waals surface area contributed by atoms with E-state index in [1.54, 1.807) is 6.92 Å². The molecule has 2 aromatic rings. The maximum absolute atomic E-state index is 11.5. The van der Waals surface area contributed by atoms with Crippen LogP contribution in [0.5, 0.6) is 0 Å². The van der Waals surface area contributed by atoms with Crippen LogP contribution in [-0.2, 0) is 9.59 Å². The Hall–Kier alpha value is -2.88. The third-order valence-corrected chi connectivity index (χ3v) is 3.07. The zero-order valence-corrected chi connectivity index (χ0v) is 12.6. The number of carbonyl (C=O) groups is 2. The summed E-state index contributed by atoms with van der Waals surface area (Å²) in [5.41, 5.74) is 4.03. The smallest absolute Gasteiger partial charge is 0.250 e. The second-order valence-electron chi connectivity index (χ2n) is 5.07. The van der Waals surface area contributed by atoms with Crippen LogP contribution >= 0.6 is 0 Å². The number of hydrogen-bond acceptors (Lipinski definition) is 2. The number of amides is 2. The lowest BCUT2D eigenvalue weighted by molar-refractivity contribution is -0.114. The highest BCUT2D eigenvalue weighted by atomic mass is 16.2. The van der Waals surface area contributed by atoms with Crippen molar-refractivity contribution in [3.05, 3.63) is 60.7 Å². The molecule has 0 unspecified atom stereocenters. The topological polar surface area (TPSA) is 58.2 Å². The van der Waals surface area contributed by atoms with Crippen LogP contribution in [0.3, 0.4) is 0 Å². The largest absolute Gasteiger partial charge is 0.326 e. The summed E-state index contributed by atoms with van der Waals surface area (Å²) in [7, 11) is 0. The molecule has 0 bridgehead atoms. The van der Waals surface area contributed by atoms with Crippen molar-refractivity contribution in [1.82, 2.24) is 0 Å².